The molecule has 2 aromatic rings. The Morgan fingerprint density at radius 1 is 1.17 bits per heavy atom. The van der Waals surface area contributed by atoms with Crippen LogP contribution in [-0.4, -0.2) is 48.4 Å². The van der Waals surface area contributed by atoms with E-state index < -0.39 is 32.5 Å². The summed E-state index contributed by atoms with van der Waals surface area (Å²) in [4.78, 5) is 51.9. The third-order valence-electron chi connectivity index (χ3n) is 5.62. The second kappa shape index (κ2) is 14.0. The van der Waals surface area contributed by atoms with Gasteiger partial charge >= 0.3 is 5.97 Å². The number of carbonyl (C=O) groups is 3. The molecule has 3 rings (SSSR count). The van der Waals surface area contributed by atoms with Gasteiger partial charge in [-0.2, -0.15) is 0 Å². The van der Waals surface area contributed by atoms with Crippen molar-refractivity contribution in [2.24, 2.45) is 5.41 Å². The van der Waals surface area contributed by atoms with Gasteiger partial charge in [-0.3, -0.25) is 28.8 Å². The Morgan fingerprint density at radius 2 is 1.80 bits per heavy atom. The average molecular weight is 619 g/mol. The fraction of sp³-hybridized carbons (Fsp3) is 0.321. The number of amides is 1. The van der Waals surface area contributed by atoms with Gasteiger partial charge in [0.25, 0.3) is 5.69 Å². The van der Waals surface area contributed by atoms with Crippen molar-refractivity contribution in [2.75, 3.05) is 12.0 Å². The normalized spacial score (nSPS) is 16.2. The van der Waals surface area contributed by atoms with Crippen LogP contribution in [0.5, 0.6) is 5.75 Å². The molecule has 2 atom stereocenters. The maximum Gasteiger partial charge on any atom is 0.359 e. The van der Waals surface area contributed by atoms with Crippen molar-refractivity contribution < 1.29 is 33.0 Å². The fourth-order valence-electron chi connectivity index (χ4n) is 3.34. The number of likely N-dealkylation sites (tertiary alicyclic amines) is 1. The van der Waals surface area contributed by atoms with Gasteiger partial charge in [0.05, 0.1) is 16.7 Å². The van der Waals surface area contributed by atoms with Crippen LogP contribution in [0.15, 0.2) is 76.9 Å². The number of benzene rings is 2. The van der Waals surface area contributed by atoms with E-state index in [9.17, 15) is 28.7 Å². The molecule has 1 aliphatic rings. The molecule has 0 bridgehead atoms. The zero-order chi connectivity index (χ0) is 30.3. The molecule has 41 heavy (non-hydrogen) atoms. The Labute approximate surface area is 249 Å². The van der Waals surface area contributed by atoms with Crippen molar-refractivity contribution in [3.8, 4) is 5.75 Å². The van der Waals surface area contributed by atoms with E-state index in [1.54, 1.807) is 51.1 Å². The second-order valence-corrected chi connectivity index (χ2v) is 13.4. The topological polar surface area (TPSA) is 133 Å². The van der Waals surface area contributed by atoms with Crippen molar-refractivity contribution in [1.29, 1.82) is 0 Å². The number of β-lactam (4-membered cyclic amide) rings is 1. The summed E-state index contributed by atoms with van der Waals surface area (Å²) in [7, 11) is -1.23. The number of esters is 1. The van der Waals surface area contributed by atoms with E-state index in [0.717, 1.165) is 0 Å². The molecule has 0 radical (unpaired) electrons. The molecule has 1 fully saturated rings. The number of rotatable bonds is 12. The van der Waals surface area contributed by atoms with Gasteiger partial charge in [-0.05, 0) is 53.7 Å². The second-order valence-electron chi connectivity index (χ2n) is 9.85. The zero-order valence-electron chi connectivity index (χ0n) is 23.0. The number of thioether (sulfide) groups is 2. The van der Waals surface area contributed by atoms with E-state index in [1.807, 2.05) is 0 Å². The molecule has 13 heteroatoms. The van der Waals surface area contributed by atoms with Crippen LogP contribution in [0.4, 0.5) is 5.69 Å². The molecule has 0 N–H and O–H groups in total. The summed E-state index contributed by atoms with van der Waals surface area (Å²) >= 11 is 2.08. The number of nitro groups is 1. The summed E-state index contributed by atoms with van der Waals surface area (Å²) in [5.74, 6) is -0.488. The minimum atomic E-state index is -1.23. The molecule has 1 saturated heterocycles. The van der Waals surface area contributed by atoms with Gasteiger partial charge in [-0.1, -0.05) is 26.8 Å². The Kier molecular flexibility index (Phi) is 10.9. The molecule has 0 aliphatic carbocycles. The Hall–Kier alpha value is -3.42. The molecular formula is C28H30N2O8S3. The molecule has 0 spiro atoms. The Morgan fingerprint density at radius 3 is 2.32 bits per heavy atom. The standard InChI is InChI=1S/C28H30N2O8S3/c1-6-15-39-23-16-22(31)29(23)24(25(32)37-17-18-7-9-19(10-8-18)30(34)35)26(40-27(33)28(2,3)4)38-20-11-13-21(14-12-20)41(5)36/h6-14,23H,1,15-17H2,2-5H3. The van der Waals surface area contributed by atoms with Gasteiger partial charge < -0.3 is 9.47 Å². The molecule has 1 amide bonds. The van der Waals surface area contributed by atoms with E-state index in [0.29, 0.717) is 28.0 Å². The van der Waals surface area contributed by atoms with Crippen LogP contribution < -0.4 is 4.74 Å². The monoisotopic (exact) mass is 618 g/mol. The number of hydrogen-bond acceptors (Lipinski definition) is 10. The van der Waals surface area contributed by atoms with E-state index in [2.05, 4.69) is 6.58 Å². The molecular weight excluding hydrogens is 589 g/mol. The number of carbonyl (C=O) groups excluding carboxylic acids is 3. The van der Waals surface area contributed by atoms with Crippen LogP contribution in [0.1, 0.15) is 32.8 Å². The first-order chi connectivity index (χ1) is 19.3. The van der Waals surface area contributed by atoms with Gasteiger partial charge in [-0.25, -0.2) is 4.79 Å². The summed E-state index contributed by atoms with van der Waals surface area (Å²) < 4.78 is 23.5. The highest BCUT2D eigenvalue weighted by Gasteiger charge is 2.44. The number of non-ortho nitro benzene ring substituents is 1. The molecule has 2 aromatic carbocycles. The van der Waals surface area contributed by atoms with Crippen molar-refractivity contribution in [3.05, 3.63) is 87.7 Å². The van der Waals surface area contributed by atoms with E-state index in [1.165, 1.54) is 47.2 Å². The Bertz CT molecular complexity index is 1380. The highest BCUT2D eigenvalue weighted by molar-refractivity contribution is 8.16. The van der Waals surface area contributed by atoms with Gasteiger partial charge in [-0.15, -0.1) is 18.3 Å². The first-order valence-corrected chi connectivity index (χ1v) is 15.8. The van der Waals surface area contributed by atoms with Crippen LogP contribution in [0, 0.1) is 15.5 Å². The highest BCUT2D eigenvalue weighted by atomic mass is 32.2. The number of ether oxygens (including phenoxy) is 2. The lowest BCUT2D eigenvalue weighted by Crippen LogP contribution is -2.52. The van der Waals surface area contributed by atoms with Gasteiger partial charge in [0.1, 0.15) is 12.4 Å². The molecule has 1 heterocycles. The first-order valence-electron chi connectivity index (χ1n) is 12.3. The molecule has 10 nitrogen and oxygen atoms in total. The van der Waals surface area contributed by atoms with Crippen LogP contribution in [-0.2, 0) is 36.5 Å². The largest absolute Gasteiger partial charge is 0.456 e. The Balaban J connectivity index is 2.05. The first kappa shape index (κ1) is 32.1. The van der Waals surface area contributed by atoms with E-state index in [4.69, 9.17) is 9.47 Å². The van der Waals surface area contributed by atoms with Crippen molar-refractivity contribution in [2.45, 2.75) is 44.1 Å². The lowest BCUT2D eigenvalue weighted by molar-refractivity contribution is -0.384. The van der Waals surface area contributed by atoms with Gasteiger partial charge in [0.2, 0.25) is 11.0 Å². The lowest BCUT2D eigenvalue weighted by atomic mass is 10.00. The van der Waals surface area contributed by atoms with Crippen molar-refractivity contribution >= 4 is 57.0 Å². The van der Waals surface area contributed by atoms with Crippen molar-refractivity contribution in [1.82, 2.24) is 4.90 Å². The van der Waals surface area contributed by atoms with Gasteiger partial charge in [0, 0.05) is 45.3 Å². The predicted molar refractivity (Wildman–Crippen MR) is 159 cm³/mol. The summed E-state index contributed by atoms with van der Waals surface area (Å²) in [6.07, 6.45) is 3.38. The van der Waals surface area contributed by atoms with Crippen LogP contribution >= 0.6 is 23.5 Å². The van der Waals surface area contributed by atoms with Crippen LogP contribution in [0.2, 0.25) is 0 Å². The summed E-state index contributed by atoms with van der Waals surface area (Å²) in [6.45, 7) is 8.62. The maximum absolute atomic E-state index is 13.6. The highest BCUT2D eigenvalue weighted by Crippen LogP contribution is 2.39. The summed E-state index contributed by atoms with van der Waals surface area (Å²) in [5, 5.41) is 10.1. The molecule has 1 aliphatic heterocycles. The molecule has 0 saturated carbocycles. The third kappa shape index (κ3) is 8.54. The number of hydrogen-bond donors (Lipinski definition) is 0. The molecule has 2 unspecified atom stereocenters. The SMILES string of the molecule is C=CCSC1CC(=O)N1C(C(=O)OCc1ccc([N+](=O)[O-])cc1)=C(Oc1ccc(S(C)=O)cc1)SC(=O)C(C)(C)C. The predicted octanol–water partition coefficient (Wildman–Crippen LogP) is 5.41. The van der Waals surface area contributed by atoms with Crippen LogP contribution in [0.3, 0.4) is 0 Å². The zero-order valence-corrected chi connectivity index (χ0v) is 25.4. The van der Waals surface area contributed by atoms with E-state index in [-0.39, 0.29) is 46.3 Å². The van der Waals surface area contributed by atoms with E-state index >= 15 is 0 Å². The number of nitro benzene ring substituents is 1. The maximum atomic E-state index is 13.6. The minimum Gasteiger partial charge on any atom is -0.456 e. The number of nitrogens with zero attached hydrogens (tertiary/aromatic N) is 2. The minimum absolute atomic E-state index is 0.111. The smallest absolute Gasteiger partial charge is 0.359 e. The molecule has 0 aromatic heterocycles. The van der Waals surface area contributed by atoms with Crippen molar-refractivity contribution in [3.63, 3.8) is 0 Å². The summed E-state index contributed by atoms with van der Waals surface area (Å²) in [5.41, 5.74) is -0.665. The quantitative estimate of drug-likeness (QED) is 0.0578. The fourth-order valence-corrected chi connectivity index (χ4v) is 5.74. The summed E-state index contributed by atoms with van der Waals surface area (Å²) in [6, 6.07) is 11.8. The molecule has 218 valence electrons. The third-order valence-corrected chi connectivity index (χ3v) is 9.01. The lowest BCUT2D eigenvalue weighted by Gasteiger charge is -2.40. The van der Waals surface area contributed by atoms with Crippen LogP contribution in [0.25, 0.3) is 0 Å². The van der Waals surface area contributed by atoms with Gasteiger partial charge in [0.15, 0.2) is 10.8 Å². The average Bonchev–Trinajstić information content (AvgIpc) is 2.92.